The molecule has 35 heavy (non-hydrogen) atoms. The van der Waals surface area contributed by atoms with Crippen LogP contribution in [0.3, 0.4) is 0 Å². The number of aromatic nitrogens is 2. The van der Waals surface area contributed by atoms with Gasteiger partial charge in [0.25, 0.3) is 11.8 Å². The van der Waals surface area contributed by atoms with Crippen LogP contribution in [0.15, 0.2) is 90.1 Å². The van der Waals surface area contributed by atoms with Crippen molar-refractivity contribution < 1.29 is 18.0 Å². The van der Waals surface area contributed by atoms with Gasteiger partial charge in [0.15, 0.2) is 0 Å². The number of carbonyl (C=O) groups is 2. The molecule has 2 heterocycles. The molecule has 4 aromatic rings. The first-order chi connectivity index (χ1) is 16.7. The zero-order valence-electron chi connectivity index (χ0n) is 18.0. The molecule has 2 aromatic carbocycles. The van der Waals surface area contributed by atoms with E-state index in [9.17, 15) is 18.0 Å². The van der Waals surface area contributed by atoms with Gasteiger partial charge in [-0.1, -0.05) is 41.9 Å². The van der Waals surface area contributed by atoms with Crippen molar-refractivity contribution in [2.75, 3.05) is 10.6 Å². The number of nitrogens with two attached hydrogens (primary N) is 1. The molecule has 0 aliphatic rings. The number of sulfonamides is 1. The molecule has 2 aromatic heterocycles. The highest BCUT2D eigenvalue weighted by atomic mass is 35.5. The molecule has 0 aliphatic heterocycles. The molecule has 0 radical (unpaired) electrons. The van der Waals surface area contributed by atoms with Crippen molar-refractivity contribution in [3.05, 3.63) is 101 Å². The number of primary sulfonamides is 1. The summed E-state index contributed by atoms with van der Waals surface area (Å²) in [6, 6.07) is 18.8. The van der Waals surface area contributed by atoms with Crippen LogP contribution in [0.25, 0.3) is 11.1 Å². The largest absolute Gasteiger partial charge is 0.306 e. The average molecular weight is 508 g/mol. The Kier molecular flexibility index (Phi) is 6.87. The lowest BCUT2D eigenvalue weighted by molar-refractivity contribution is 0.102. The summed E-state index contributed by atoms with van der Waals surface area (Å²) in [6.07, 6.45) is 2.84. The summed E-state index contributed by atoms with van der Waals surface area (Å²) in [6.45, 7) is 0. The summed E-state index contributed by atoms with van der Waals surface area (Å²) < 4.78 is 23.8. The van der Waals surface area contributed by atoms with E-state index in [0.29, 0.717) is 16.1 Å². The fourth-order valence-corrected chi connectivity index (χ4v) is 4.13. The fourth-order valence-electron chi connectivity index (χ4n) is 3.26. The van der Waals surface area contributed by atoms with Crippen LogP contribution in [0.2, 0.25) is 5.02 Å². The number of rotatable bonds is 6. The summed E-state index contributed by atoms with van der Waals surface area (Å²) >= 11 is 5.81. The van der Waals surface area contributed by atoms with Crippen LogP contribution in [0, 0.1) is 0 Å². The van der Waals surface area contributed by atoms with E-state index in [1.807, 2.05) is 0 Å². The van der Waals surface area contributed by atoms with Crippen molar-refractivity contribution in [3.8, 4) is 11.1 Å². The summed E-state index contributed by atoms with van der Waals surface area (Å²) in [5.41, 5.74) is 1.40. The number of pyridine rings is 2. The molecular weight excluding hydrogens is 490 g/mol. The van der Waals surface area contributed by atoms with Crippen molar-refractivity contribution in [2.24, 2.45) is 5.14 Å². The fraction of sp³-hybridized carbons (Fsp3) is 0. The molecule has 4 rings (SSSR count). The quantitative estimate of drug-likeness (QED) is 0.360. The number of carbonyl (C=O) groups excluding carboxylic acids is 2. The third-order valence-electron chi connectivity index (χ3n) is 4.90. The van der Waals surface area contributed by atoms with E-state index in [2.05, 4.69) is 20.6 Å². The van der Waals surface area contributed by atoms with Gasteiger partial charge in [0, 0.05) is 23.5 Å². The molecule has 4 N–H and O–H groups in total. The van der Waals surface area contributed by atoms with Gasteiger partial charge in [-0.2, -0.15) is 0 Å². The molecule has 0 saturated heterocycles. The lowest BCUT2D eigenvalue weighted by Crippen LogP contribution is -2.19. The number of nitrogens with zero attached hydrogens (tertiary/aromatic N) is 2. The van der Waals surface area contributed by atoms with E-state index in [4.69, 9.17) is 16.7 Å². The molecule has 0 bridgehead atoms. The molecule has 176 valence electrons. The Bertz CT molecular complexity index is 1510. The Labute approximate surface area is 206 Å². The Morgan fingerprint density at radius 2 is 1.57 bits per heavy atom. The summed E-state index contributed by atoms with van der Waals surface area (Å²) in [4.78, 5) is 33.7. The highest BCUT2D eigenvalue weighted by Crippen LogP contribution is 2.27. The van der Waals surface area contributed by atoms with Gasteiger partial charge in [-0.25, -0.2) is 23.5 Å². The lowest BCUT2D eigenvalue weighted by atomic mass is 10.0. The van der Waals surface area contributed by atoms with Gasteiger partial charge in [0.2, 0.25) is 10.0 Å². The second kappa shape index (κ2) is 10.0. The molecule has 0 saturated carbocycles. The SMILES string of the molecule is NS(=O)(=O)c1ccccc1-c1ccc(C(=O)Nc2ncccc2C(=O)Nc2ccc(Cl)cn2)cc1. The van der Waals surface area contributed by atoms with Crippen molar-refractivity contribution in [2.45, 2.75) is 4.90 Å². The van der Waals surface area contributed by atoms with E-state index in [1.165, 1.54) is 36.7 Å². The highest BCUT2D eigenvalue weighted by Gasteiger charge is 2.18. The first-order valence-electron chi connectivity index (χ1n) is 10.1. The summed E-state index contributed by atoms with van der Waals surface area (Å²) in [5.74, 6) is -0.671. The second-order valence-corrected chi connectivity index (χ2v) is 9.25. The number of halogens is 1. The van der Waals surface area contributed by atoms with Gasteiger partial charge in [0.05, 0.1) is 15.5 Å². The van der Waals surface area contributed by atoms with Crippen LogP contribution in [0.1, 0.15) is 20.7 Å². The first-order valence-corrected chi connectivity index (χ1v) is 12.1. The Balaban J connectivity index is 1.53. The molecule has 9 nitrogen and oxygen atoms in total. The maximum atomic E-state index is 12.8. The normalized spacial score (nSPS) is 11.0. The zero-order valence-corrected chi connectivity index (χ0v) is 19.5. The molecule has 0 fully saturated rings. The minimum absolute atomic E-state index is 0.0171. The number of anilines is 2. The van der Waals surface area contributed by atoms with Gasteiger partial charge < -0.3 is 10.6 Å². The van der Waals surface area contributed by atoms with Gasteiger partial charge in [-0.15, -0.1) is 0 Å². The Morgan fingerprint density at radius 3 is 2.26 bits per heavy atom. The number of benzene rings is 2. The molecular formula is C24H18ClN5O4S. The van der Waals surface area contributed by atoms with E-state index in [-0.39, 0.29) is 27.7 Å². The highest BCUT2D eigenvalue weighted by molar-refractivity contribution is 7.89. The minimum atomic E-state index is -3.92. The predicted octanol–water partition coefficient (Wildman–Crippen LogP) is 3.95. The molecule has 0 unspecified atom stereocenters. The third kappa shape index (κ3) is 5.69. The van der Waals surface area contributed by atoms with Crippen molar-refractivity contribution in [1.29, 1.82) is 0 Å². The minimum Gasteiger partial charge on any atom is -0.306 e. The van der Waals surface area contributed by atoms with Crippen molar-refractivity contribution >= 4 is 45.1 Å². The van der Waals surface area contributed by atoms with E-state index >= 15 is 0 Å². The zero-order chi connectivity index (χ0) is 25.0. The van der Waals surface area contributed by atoms with Gasteiger partial charge >= 0.3 is 0 Å². The van der Waals surface area contributed by atoms with Crippen LogP contribution >= 0.6 is 11.6 Å². The second-order valence-electron chi connectivity index (χ2n) is 7.29. The average Bonchev–Trinajstić information content (AvgIpc) is 2.85. The van der Waals surface area contributed by atoms with Crippen LogP contribution < -0.4 is 15.8 Å². The monoisotopic (exact) mass is 507 g/mol. The number of hydrogen-bond acceptors (Lipinski definition) is 6. The standard InChI is InChI=1S/C24H18ClN5O4S/c25-17-11-12-21(28-14-17)29-24(32)19-5-3-13-27-22(19)30-23(31)16-9-7-15(8-10-16)18-4-1-2-6-20(18)35(26,33)34/h1-14H,(H2,26,33,34)(H,27,30,31)(H,28,29,32). The van der Waals surface area contributed by atoms with Gasteiger partial charge in [-0.05, 0) is 48.0 Å². The summed E-state index contributed by atoms with van der Waals surface area (Å²) in [7, 11) is -3.92. The van der Waals surface area contributed by atoms with Gasteiger partial charge in [-0.3, -0.25) is 9.59 Å². The van der Waals surface area contributed by atoms with E-state index in [1.54, 1.807) is 48.5 Å². The lowest BCUT2D eigenvalue weighted by Gasteiger charge is -2.11. The van der Waals surface area contributed by atoms with E-state index in [0.717, 1.165) is 0 Å². The Morgan fingerprint density at radius 1 is 0.829 bits per heavy atom. The number of hydrogen-bond donors (Lipinski definition) is 3. The maximum Gasteiger partial charge on any atom is 0.260 e. The predicted molar refractivity (Wildman–Crippen MR) is 133 cm³/mol. The topological polar surface area (TPSA) is 144 Å². The van der Waals surface area contributed by atoms with Crippen LogP contribution in [-0.2, 0) is 10.0 Å². The molecule has 11 heteroatoms. The Hall–Kier alpha value is -4.12. The number of nitrogens with one attached hydrogen (secondary N) is 2. The smallest absolute Gasteiger partial charge is 0.260 e. The van der Waals surface area contributed by atoms with Crippen LogP contribution in [0.5, 0.6) is 0 Å². The molecule has 0 atom stereocenters. The van der Waals surface area contributed by atoms with Crippen molar-refractivity contribution in [1.82, 2.24) is 9.97 Å². The first kappa shape index (κ1) is 24.0. The maximum absolute atomic E-state index is 12.8. The molecule has 2 amide bonds. The van der Waals surface area contributed by atoms with Crippen molar-refractivity contribution in [3.63, 3.8) is 0 Å². The van der Waals surface area contributed by atoms with Crippen LogP contribution in [-0.4, -0.2) is 30.2 Å². The summed E-state index contributed by atoms with van der Waals surface area (Å²) in [5, 5.41) is 11.0. The number of amides is 2. The third-order valence-corrected chi connectivity index (χ3v) is 6.10. The van der Waals surface area contributed by atoms with Crippen LogP contribution in [0.4, 0.5) is 11.6 Å². The van der Waals surface area contributed by atoms with E-state index < -0.39 is 21.8 Å². The molecule has 0 spiro atoms. The molecule has 0 aliphatic carbocycles. The van der Waals surface area contributed by atoms with Gasteiger partial charge in [0.1, 0.15) is 11.6 Å².